The Morgan fingerprint density at radius 2 is 2.06 bits per heavy atom. The van der Waals surface area contributed by atoms with Crippen LogP contribution in [-0.2, 0) is 4.74 Å². The summed E-state index contributed by atoms with van der Waals surface area (Å²) in [6.45, 7) is 9.94. The molecule has 0 aliphatic rings. The molecule has 0 spiro atoms. The number of unbranched alkanes of at least 4 members (excludes halogenated alkanes) is 2. The first-order valence-corrected chi connectivity index (χ1v) is 6.92. The van der Waals surface area contributed by atoms with Crippen LogP contribution in [0.5, 0.6) is 0 Å². The van der Waals surface area contributed by atoms with E-state index in [1.54, 1.807) is 0 Å². The molecule has 18 heavy (non-hydrogen) atoms. The number of hydrogen-bond donors (Lipinski definition) is 1. The lowest BCUT2D eigenvalue weighted by Crippen LogP contribution is -1.98. The van der Waals surface area contributed by atoms with Gasteiger partial charge in [0.05, 0.1) is 6.61 Å². The van der Waals surface area contributed by atoms with Crippen LogP contribution in [0.3, 0.4) is 0 Å². The highest BCUT2D eigenvalue weighted by Crippen LogP contribution is 2.03. The summed E-state index contributed by atoms with van der Waals surface area (Å²) < 4.78 is 5.48. The molecule has 0 saturated carbocycles. The SMILES string of the molecule is C=C(/C=C\C=C/C(C)CC)COCCCCCO. The minimum Gasteiger partial charge on any atom is -0.396 e. The third kappa shape index (κ3) is 11.6. The van der Waals surface area contributed by atoms with Gasteiger partial charge in [-0.15, -0.1) is 0 Å². The normalized spacial score (nSPS) is 13.5. The first-order chi connectivity index (χ1) is 8.70. The van der Waals surface area contributed by atoms with Gasteiger partial charge in [-0.1, -0.05) is 51.2 Å². The van der Waals surface area contributed by atoms with Crippen LogP contribution < -0.4 is 0 Å². The molecule has 0 fully saturated rings. The molecule has 0 heterocycles. The lowest BCUT2D eigenvalue weighted by Gasteiger charge is -2.03. The molecule has 0 aromatic carbocycles. The highest BCUT2D eigenvalue weighted by molar-refractivity contribution is 5.19. The van der Waals surface area contributed by atoms with Crippen LogP contribution in [0.4, 0.5) is 0 Å². The van der Waals surface area contributed by atoms with Crippen molar-refractivity contribution >= 4 is 0 Å². The molecule has 1 atom stereocenters. The average Bonchev–Trinajstić information content (AvgIpc) is 2.38. The number of aliphatic hydroxyl groups excluding tert-OH is 1. The standard InChI is InChI=1S/C16H28O2/c1-4-15(2)10-6-7-11-16(3)14-18-13-9-5-8-12-17/h6-7,10-11,15,17H,3-5,8-9,12-14H2,1-2H3/b10-6-,11-7-. The molecule has 2 heteroatoms. The molecule has 2 nitrogen and oxygen atoms in total. The lowest BCUT2D eigenvalue weighted by atomic mass is 10.1. The maximum absolute atomic E-state index is 8.62. The smallest absolute Gasteiger partial charge is 0.0711 e. The monoisotopic (exact) mass is 252 g/mol. The van der Waals surface area contributed by atoms with E-state index in [4.69, 9.17) is 9.84 Å². The van der Waals surface area contributed by atoms with E-state index >= 15 is 0 Å². The first-order valence-electron chi connectivity index (χ1n) is 6.92. The van der Waals surface area contributed by atoms with Gasteiger partial charge in [-0.25, -0.2) is 0 Å². The predicted octanol–water partition coefficient (Wildman–Crippen LogP) is 3.88. The fourth-order valence-corrected chi connectivity index (χ4v) is 1.33. The molecule has 0 rings (SSSR count). The molecule has 1 unspecified atom stereocenters. The Hall–Kier alpha value is -0.860. The average molecular weight is 252 g/mol. The summed E-state index contributed by atoms with van der Waals surface area (Å²) in [4.78, 5) is 0. The summed E-state index contributed by atoms with van der Waals surface area (Å²) in [7, 11) is 0. The van der Waals surface area contributed by atoms with E-state index in [0.717, 1.165) is 31.4 Å². The largest absolute Gasteiger partial charge is 0.396 e. The molecule has 0 amide bonds. The fourth-order valence-electron chi connectivity index (χ4n) is 1.33. The van der Waals surface area contributed by atoms with Gasteiger partial charge in [0.25, 0.3) is 0 Å². The number of allylic oxidation sites excluding steroid dienone is 3. The zero-order valence-corrected chi connectivity index (χ0v) is 11.9. The summed E-state index contributed by atoms with van der Waals surface area (Å²) in [5, 5.41) is 8.62. The Morgan fingerprint density at radius 3 is 2.72 bits per heavy atom. The van der Waals surface area contributed by atoms with Crippen molar-refractivity contribution in [1.29, 1.82) is 0 Å². The molecular formula is C16H28O2. The number of rotatable bonds is 11. The molecule has 0 saturated heterocycles. The van der Waals surface area contributed by atoms with Crippen molar-refractivity contribution in [2.75, 3.05) is 19.8 Å². The van der Waals surface area contributed by atoms with Gasteiger partial charge in [0, 0.05) is 13.2 Å². The zero-order valence-electron chi connectivity index (χ0n) is 11.9. The molecule has 104 valence electrons. The van der Waals surface area contributed by atoms with Crippen LogP contribution in [0, 0.1) is 5.92 Å². The van der Waals surface area contributed by atoms with Crippen molar-refractivity contribution in [3.8, 4) is 0 Å². The van der Waals surface area contributed by atoms with Crippen molar-refractivity contribution in [3.05, 3.63) is 36.5 Å². The van der Waals surface area contributed by atoms with Gasteiger partial charge in [-0.05, 0) is 30.8 Å². The molecule has 0 bridgehead atoms. The van der Waals surface area contributed by atoms with Crippen molar-refractivity contribution in [1.82, 2.24) is 0 Å². The summed E-state index contributed by atoms with van der Waals surface area (Å²) in [6.07, 6.45) is 12.3. The Morgan fingerprint density at radius 1 is 1.28 bits per heavy atom. The Balaban J connectivity index is 3.53. The van der Waals surface area contributed by atoms with Crippen molar-refractivity contribution in [2.45, 2.75) is 39.5 Å². The van der Waals surface area contributed by atoms with Crippen molar-refractivity contribution in [3.63, 3.8) is 0 Å². The maximum atomic E-state index is 8.62. The van der Waals surface area contributed by atoms with Crippen LogP contribution in [0.25, 0.3) is 0 Å². The Kier molecular flexibility index (Phi) is 12.0. The maximum Gasteiger partial charge on any atom is 0.0711 e. The van der Waals surface area contributed by atoms with Crippen LogP contribution in [-0.4, -0.2) is 24.9 Å². The van der Waals surface area contributed by atoms with E-state index in [1.807, 2.05) is 12.2 Å². The molecular weight excluding hydrogens is 224 g/mol. The molecule has 0 aliphatic carbocycles. The third-order valence-electron chi connectivity index (χ3n) is 2.76. The van der Waals surface area contributed by atoms with Gasteiger partial charge >= 0.3 is 0 Å². The van der Waals surface area contributed by atoms with E-state index < -0.39 is 0 Å². The summed E-state index contributed by atoms with van der Waals surface area (Å²) in [6, 6.07) is 0. The number of aliphatic hydroxyl groups is 1. The topological polar surface area (TPSA) is 29.5 Å². The Labute approximate surface area is 112 Å². The minimum absolute atomic E-state index is 0.276. The zero-order chi connectivity index (χ0) is 13.6. The summed E-state index contributed by atoms with van der Waals surface area (Å²) >= 11 is 0. The molecule has 0 aliphatic heterocycles. The van der Waals surface area contributed by atoms with Crippen LogP contribution in [0.2, 0.25) is 0 Å². The minimum atomic E-state index is 0.276. The van der Waals surface area contributed by atoms with Gasteiger partial charge in [-0.3, -0.25) is 0 Å². The van der Waals surface area contributed by atoms with Gasteiger partial charge in [0.2, 0.25) is 0 Å². The van der Waals surface area contributed by atoms with E-state index in [9.17, 15) is 0 Å². The van der Waals surface area contributed by atoms with E-state index in [0.29, 0.717) is 12.5 Å². The quantitative estimate of drug-likeness (QED) is 0.446. The highest BCUT2D eigenvalue weighted by atomic mass is 16.5. The van der Waals surface area contributed by atoms with Gasteiger partial charge in [0.15, 0.2) is 0 Å². The second-order valence-corrected chi connectivity index (χ2v) is 4.62. The van der Waals surface area contributed by atoms with Crippen molar-refractivity contribution in [2.24, 2.45) is 5.92 Å². The molecule has 0 radical (unpaired) electrons. The highest BCUT2D eigenvalue weighted by Gasteiger charge is 1.92. The predicted molar refractivity (Wildman–Crippen MR) is 78.6 cm³/mol. The second-order valence-electron chi connectivity index (χ2n) is 4.62. The second kappa shape index (κ2) is 12.6. The molecule has 1 N–H and O–H groups in total. The van der Waals surface area contributed by atoms with Gasteiger partial charge in [0.1, 0.15) is 0 Å². The third-order valence-corrected chi connectivity index (χ3v) is 2.76. The van der Waals surface area contributed by atoms with E-state index in [2.05, 4.69) is 32.6 Å². The van der Waals surface area contributed by atoms with Gasteiger partial charge < -0.3 is 9.84 Å². The summed E-state index contributed by atoms with van der Waals surface area (Å²) in [5.41, 5.74) is 0.992. The van der Waals surface area contributed by atoms with Crippen LogP contribution in [0.1, 0.15) is 39.5 Å². The first kappa shape index (κ1) is 17.1. The van der Waals surface area contributed by atoms with E-state index in [1.165, 1.54) is 6.42 Å². The van der Waals surface area contributed by atoms with Crippen LogP contribution >= 0.6 is 0 Å². The van der Waals surface area contributed by atoms with Crippen LogP contribution in [0.15, 0.2) is 36.5 Å². The van der Waals surface area contributed by atoms with Crippen molar-refractivity contribution < 1.29 is 9.84 Å². The van der Waals surface area contributed by atoms with E-state index in [-0.39, 0.29) is 6.61 Å². The molecule has 0 aromatic rings. The summed E-state index contributed by atoms with van der Waals surface area (Å²) in [5.74, 6) is 0.630. The number of ether oxygens (including phenoxy) is 1. The van der Waals surface area contributed by atoms with Gasteiger partial charge in [-0.2, -0.15) is 0 Å². The fraction of sp³-hybridized carbons (Fsp3) is 0.625. The Bertz CT molecular complexity index is 254. The lowest BCUT2D eigenvalue weighted by molar-refractivity contribution is 0.151. The molecule has 0 aromatic heterocycles. The number of hydrogen-bond acceptors (Lipinski definition) is 2.